The van der Waals surface area contributed by atoms with Gasteiger partial charge in [0.15, 0.2) is 0 Å². The Morgan fingerprint density at radius 2 is 1.78 bits per heavy atom. The minimum atomic E-state index is -0.990. The van der Waals surface area contributed by atoms with Gasteiger partial charge in [0, 0.05) is 24.2 Å². The third kappa shape index (κ3) is 4.81. The van der Waals surface area contributed by atoms with Crippen LogP contribution in [0.4, 0.5) is 11.4 Å². The fourth-order valence-electron chi connectivity index (χ4n) is 2.63. The van der Waals surface area contributed by atoms with Gasteiger partial charge in [-0.25, -0.2) is 4.79 Å². The number of carbonyl (C=O) groups is 2. The van der Waals surface area contributed by atoms with Crippen molar-refractivity contribution in [3.63, 3.8) is 0 Å². The lowest BCUT2D eigenvalue weighted by molar-refractivity contribution is -0.384. The summed E-state index contributed by atoms with van der Waals surface area (Å²) in [6.45, 7) is 0.334. The maximum Gasteiger partial charge on any atom is 0.335 e. The second-order valence-electron chi connectivity index (χ2n) is 6.42. The molecule has 140 valence electrons. The molecule has 1 aliphatic rings. The van der Waals surface area contributed by atoms with E-state index in [0.717, 1.165) is 18.4 Å². The highest BCUT2D eigenvalue weighted by Gasteiger charge is 2.25. The van der Waals surface area contributed by atoms with Gasteiger partial charge in [0.2, 0.25) is 0 Å². The third-order valence-corrected chi connectivity index (χ3v) is 4.29. The Labute approximate surface area is 155 Å². The summed E-state index contributed by atoms with van der Waals surface area (Å²) in [5.41, 5.74) is 1.63. The van der Waals surface area contributed by atoms with Crippen LogP contribution in [0.25, 0.3) is 0 Å². The van der Waals surface area contributed by atoms with E-state index in [-0.39, 0.29) is 22.9 Å². The normalized spacial score (nSPS) is 13.0. The van der Waals surface area contributed by atoms with Crippen molar-refractivity contribution in [1.29, 1.82) is 0 Å². The van der Waals surface area contributed by atoms with Gasteiger partial charge < -0.3 is 15.7 Å². The van der Waals surface area contributed by atoms with Crippen molar-refractivity contribution in [2.75, 3.05) is 11.9 Å². The number of nitrogens with one attached hydrogen (secondary N) is 2. The number of hydrogen-bond donors (Lipinski definition) is 3. The summed E-state index contributed by atoms with van der Waals surface area (Å²) in [5.74, 6) is -1.38. The van der Waals surface area contributed by atoms with Crippen molar-refractivity contribution >= 4 is 23.3 Å². The molecule has 0 bridgehead atoms. The molecule has 0 saturated heterocycles. The zero-order valence-corrected chi connectivity index (χ0v) is 14.5. The van der Waals surface area contributed by atoms with Crippen molar-refractivity contribution < 1.29 is 19.6 Å². The first-order chi connectivity index (χ1) is 12.9. The van der Waals surface area contributed by atoms with Crippen molar-refractivity contribution in [1.82, 2.24) is 5.32 Å². The van der Waals surface area contributed by atoms with E-state index in [1.807, 2.05) is 0 Å². The van der Waals surface area contributed by atoms with Crippen LogP contribution in [0, 0.1) is 10.1 Å². The number of hydrogen-bond acceptors (Lipinski definition) is 5. The quantitative estimate of drug-likeness (QED) is 0.486. The molecule has 0 radical (unpaired) electrons. The van der Waals surface area contributed by atoms with Crippen molar-refractivity contribution in [2.24, 2.45) is 0 Å². The summed E-state index contributed by atoms with van der Waals surface area (Å²) in [7, 11) is 0. The Hall–Kier alpha value is -3.42. The minimum Gasteiger partial charge on any atom is -0.478 e. The van der Waals surface area contributed by atoms with Gasteiger partial charge in [0.25, 0.3) is 11.6 Å². The van der Waals surface area contributed by atoms with Crippen LogP contribution in [0.5, 0.6) is 0 Å². The summed E-state index contributed by atoms with van der Waals surface area (Å²) < 4.78 is 0. The molecule has 0 atom stereocenters. The van der Waals surface area contributed by atoms with E-state index in [9.17, 15) is 19.7 Å². The fraction of sp³-hybridized carbons (Fsp3) is 0.263. The van der Waals surface area contributed by atoms with Crippen LogP contribution in [-0.4, -0.2) is 34.5 Å². The molecule has 3 N–H and O–H groups in total. The summed E-state index contributed by atoms with van der Waals surface area (Å²) >= 11 is 0. The molecule has 0 spiro atoms. The lowest BCUT2D eigenvalue weighted by Crippen LogP contribution is -2.25. The Balaban J connectivity index is 1.59. The predicted octanol–water partition coefficient (Wildman–Crippen LogP) is 2.84. The number of amides is 1. The van der Waals surface area contributed by atoms with Crippen LogP contribution < -0.4 is 10.6 Å². The number of nitro benzene ring substituents is 1. The second-order valence-corrected chi connectivity index (χ2v) is 6.42. The predicted molar refractivity (Wildman–Crippen MR) is 99.2 cm³/mol. The van der Waals surface area contributed by atoms with E-state index in [1.54, 1.807) is 24.3 Å². The number of nitro groups is 1. The van der Waals surface area contributed by atoms with Gasteiger partial charge in [-0.05, 0) is 49.1 Å². The van der Waals surface area contributed by atoms with Gasteiger partial charge in [-0.2, -0.15) is 0 Å². The minimum absolute atomic E-state index is 0.112. The molecule has 8 heteroatoms. The van der Waals surface area contributed by atoms with Crippen LogP contribution >= 0.6 is 0 Å². The Morgan fingerprint density at radius 3 is 2.37 bits per heavy atom. The number of rotatable bonds is 8. The number of carboxylic acid groups (broad SMARTS) is 1. The number of anilines is 1. The number of benzene rings is 2. The van der Waals surface area contributed by atoms with Crippen molar-refractivity contribution in [2.45, 2.75) is 25.3 Å². The first-order valence-electron chi connectivity index (χ1n) is 8.59. The van der Waals surface area contributed by atoms with Crippen LogP contribution in [0.3, 0.4) is 0 Å². The number of aromatic carboxylic acids is 1. The molecular weight excluding hydrogens is 350 g/mol. The van der Waals surface area contributed by atoms with Gasteiger partial charge in [0.05, 0.1) is 10.5 Å². The van der Waals surface area contributed by atoms with E-state index < -0.39 is 16.8 Å². The van der Waals surface area contributed by atoms with Crippen LogP contribution in [0.2, 0.25) is 0 Å². The molecule has 0 aliphatic heterocycles. The molecule has 2 aromatic rings. The summed E-state index contributed by atoms with van der Waals surface area (Å²) in [4.78, 5) is 33.9. The topological polar surface area (TPSA) is 122 Å². The lowest BCUT2D eigenvalue weighted by atomic mass is 10.1. The van der Waals surface area contributed by atoms with Crippen molar-refractivity contribution in [3.8, 4) is 0 Å². The largest absolute Gasteiger partial charge is 0.478 e. The highest BCUT2D eigenvalue weighted by Crippen LogP contribution is 2.31. The van der Waals surface area contributed by atoms with Gasteiger partial charge in [-0.15, -0.1) is 0 Å². The molecule has 0 heterocycles. The maximum atomic E-state index is 12.3. The van der Waals surface area contributed by atoms with Gasteiger partial charge >= 0.3 is 5.97 Å². The fourth-order valence-corrected chi connectivity index (χ4v) is 2.63. The molecular formula is C19H19N3O5. The SMILES string of the molecule is O=C(O)c1ccc(CCNC(=O)c2ccc(NC3CC3)c([N+](=O)[O-])c2)cc1. The Kier molecular flexibility index (Phi) is 5.35. The zero-order chi connectivity index (χ0) is 19.4. The smallest absolute Gasteiger partial charge is 0.335 e. The Bertz CT molecular complexity index is 875. The number of nitrogens with zero attached hydrogens (tertiary/aromatic N) is 1. The van der Waals surface area contributed by atoms with Crippen LogP contribution in [0.1, 0.15) is 39.1 Å². The lowest BCUT2D eigenvalue weighted by Gasteiger charge is -2.09. The molecule has 1 saturated carbocycles. The highest BCUT2D eigenvalue weighted by atomic mass is 16.6. The molecule has 0 aromatic heterocycles. The van der Waals surface area contributed by atoms with Gasteiger partial charge in [0.1, 0.15) is 5.69 Å². The van der Waals surface area contributed by atoms with E-state index in [4.69, 9.17) is 5.11 Å². The number of carbonyl (C=O) groups excluding carboxylic acids is 1. The van der Waals surface area contributed by atoms with E-state index in [2.05, 4.69) is 10.6 Å². The van der Waals surface area contributed by atoms with Gasteiger partial charge in [-0.1, -0.05) is 12.1 Å². The molecule has 1 fully saturated rings. The number of carboxylic acids is 1. The second kappa shape index (κ2) is 7.86. The van der Waals surface area contributed by atoms with Crippen molar-refractivity contribution in [3.05, 3.63) is 69.3 Å². The van der Waals surface area contributed by atoms with Crippen LogP contribution in [0.15, 0.2) is 42.5 Å². The molecule has 2 aromatic carbocycles. The standard InChI is InChI=1S/C19H19N3O5/c23-18(20-10-9-12-1-3-13(4-2-12)19(24)25)14-5-8-16(21-15-6-7-15)17(11-14)22(26)27/h1-5,8,11,15,21H,6-7,9-10H2,(H,20,23)(H,24,25). The first kappa shape index (κ1) is 18.4. The average molecular weight is 369 g/mol. The maximum absolute atomic E-state index is 12.3. The molecule has 27 heavy (non-hydrogen) atoms. The first-order valence-corrected chi connectivity index (χ1v) is 8.59. The molecule has 8 nitrogen and oxygen atoms in total. The van der Waals surface area contributed by atoms with Gasteiger partial charge in [-0.3, -0.25) is 14.9 Å². The highest BCUT2D eigenvalue weighted by molar-refractivity contribution is 5.95. The Morgan fingerprint density at radius 1 is 1.11 bits per heavy atom. The molecule has 3 rings (SSSR count). The summed E-state index contributed by atoms with van der Waals surface area (Å²) in [6, 6.07) is 11.1. The summed E-state index contributed by atoms with van der Waals surface area (Å²) in [5, 5.41) is 26.0. The molecule has 0 unspecified atom stereocenters. The zero-order valence-electron chi connectivity index (χ0n) is 14.5. The molecule has 1 amide bonds. The average Bonchev–Trinajstić information content (AvgIpc) is 3.46. The monoisotopic (exact) mass is 369 g/mol. The van der Waals surface area contributed by atoms with E-state index in [0.29, 0.717) is 18.7 Å². The molecule has 1 aliphatic carbocycles. The van der Waals surface area contributed by atoms with E-state index in [1.165, 1.54) is 18.2 Å². The third-order valence-electron chi connectivity index (χ3n) is 4.29. The van der Waals surface area contributed by atoms with E-state index >= 15 is 0 Å². The summed E-state index contributed by atoms with van der Waals surface area (Å²) in [6.07, 6.45) is 2.51. The van der Waals surface area contributed by atoms with Crippen LogP contribution in [-0.2, 0) is 6.42 Å².